The topological polar surface area (TPSA) is 34.1 Å². The first-order chi connectivity index (χ1) is 5.53. The minimum Gasteiger partial charge on any atom is -0.303 e. The Balaban J connectivity index is 2.48. The number of ketones is 1. The first kappa shape index (κ1) is 7.96. The van der Waals surface area contributed by atoms with Crippen LogP contribution >= 0.6 is 0 Å². The molecule has 0 radical (unpaired) electrons. The predicted molar refractivity (Wildman–Crippen MR) is 44.6 cm³/mol. The average molecular weight is 166 g/mol. The Kier molecular flexibility index (Phi) is 1.31. The number of rotatable bonds is 1. The number of Topliss-reactive ketones (excluding diaryl/α,β-unsaturated/α-hetero) is 1. The van der Waals surface area contributed by atoms with E-state index in [0.29, 0.717) is 5.78 Å². The third-order valence-corrected chi connectivity index (χ3v) is 4.01. The third-order valence-electron chi connectivity index (χ3n) is 4.01. The SMILES string of the molecule is CC1(C)C(=O)[C@@H]2CC[C@@]1(C=O)C2. The summed E-state index contributed by atoms with van der Waals surface area (Å²) in [5, 5.41) is 0. The molecular formula is C10H14O2. The monoisotopic (exact) mass is 166 g/mol. The third kappa shape index (κ3) is 0.621. The summed E-state index contributed by atoms with van der Waals surface area (Å²) < 4.78 is 0. The molecule has 2 rings (SSSR count). The van der Waals surface area contributed by atoms with E-state index in [4.69, 9.17) is 0 Å². The predicted octanol–water partition coefficient (Wildman–Crippen LogP) is 1.58. The fourth-order valence-corrected chi connectivity index (χ4v) is 2.88. The molecule has 2 nitrogen and oxygen atoms in total. The van der Waals surface area contributed by atoms with Gasteiger partial charge in [0, 0.05) is 16.7 Å². The number of hydrogen-bond acceptors (Lipinski definition) is 2. The normalized spacial score (nSPS) is 43.5. The highest BCUT2D eigenvalue weighted by atomic mass is 16.1. The lowest BCUT2D eigenvalue weighted by molar-refractivity contribution is -0.137. The zero-order valence-electron chi connectivity index (χ0n) is 7.59. The number of carbonyl (C=O) groups excluding carboxylic acids is 2. The molecule has 0 spiro atoms. The lowest BCUT2D eigenvalue weighted by Gasteiger charge is -2.35. The van der Waals surface area contributed by atoms with E-state index in [-0.39, 0.29) is 11.3 Å². The maximum Gasteiger partial charge on any atom is 0.142 e. The van der Waals surface area contributed by atoms with Gasteiger partial charge in [0.1, 0.15) is 12.1 Å². The van der Waals surface area contributed by atoms with Crippen LogP contribution in [0.1, 0.15) is 33.1 Å². The van der Waals surface area contributed by atoms with Crippen LogP contribution in [-0.4, -0.2) is 12.1 Å². The summed E-state index contributed by atoms with van der Waals surface area (Å²) >= 11 is 0. The molecule has 0 aromatic rings. The molecule has 0 saturated heterocycles. The van der Waals surface area contributed by atoms with Crippen LogP contribution in [0.25, 0.3) is 0 Å². The van der Waals surface area contributed by atoms with Crippen LogP contribution in [0.15, 0.2) is 0 Å². The van der Waals surface area contributed by atoms with Crippen molar-refractivity contribution in [2.24, 2.45) is 16.7 Å². The van der Waals surface area contributed by atoms with Crippen molar-refractivity contribution < 1.29 is 9.59 Å². The van der Waals surface area contributed by atoms with Crippen LogP contribution in [0.3, 0.4) is 0 Å². The summed E-state index contributed by atoms with van der Waals surface area (Å²) in [6, 6.07) is 0. The van der Waals surface area contributed by atoms with Gasteiger partial charge in [-0.05, 0) is 19.3 Å². The van der Waals surface area contributed by atoms with Crippen LogP contribution < -0.4 is 0 Å². The van der Waals surface area contributed by atoms with E-state index in [1.54, 1.807) is 0 Å². The molecule has 0 amide bonds. The second-order valence-corrected chi connectivity index (χ2v) is 4.70. The second kappa shape index (κ2) is 1.98. The van der Waals surface area contributed by atoms with Gasteiger partial charge in [0.25, 0.3) is 0 Å². The second-order valence-electron chi connectivity index (χ2n) is 4.70. The average Bonchev–Trinajstić information content (AvgIpc) is 2.53. The molecule has 2 atom stereocenters. The van der Waals surface area contributed by atoms with Gasteiger partial charge in [0.15, 0.2) is 0 Å². The minimum absolute atomic E-state index is 0.185. The zero-order chi connectivity index (χ0) is 8.98. The number of aldehydes is 1. The van der Waals surface area contributed by atoms with Crippen molar-refractivity contribution in [3.05, 3.63) is 0 Å². The van der Waals surface area contributed by atoms with Crippen molar-refractivity contribution in [3.63, 3.8) is 0 Å². The fourth-order valence-electron chi connectivity index (χ4n) is 2.88. The minimum atomic E-state index is -0.391. The zero-order valence-corrected chi connectivity index (χ0v) is 7.59. The van der Waals surface area contributed by atoms with Crippen molar-refractivity contribution in [2.45, 2.75) is 33.1 Å². The smallest absolute Gasteiger partial charge is 0.142 e. The van der Waals surface area contributed by atoms with Gasteiger partial charge in [-0.3, -0.25) is 4.79 Å². The molecule has 0 aromatic carbocycles. The largest absolute Gasteiger partial charge is 0.303 e. The Morgan fingerprint density at radius 1 is 1.50 bits per heavy atom. The molecule has 66 valence electrons. The highest BCUT2D eigenvalue weighted by Crippen LogP contribution is 2.60. The van der Waals surface area contributed by atoms with E-state index in [1.807, 2.05) is 13.8 Å². The molecule has 12 heavy (non-hydrogen) atoms. The van der Waals surface area contributed by atoms with Gasteiger partial charge in [0.05, 0.1) is 0 Å². The molecule has 2 saturated carbocycles. The molecule has 2 heteroatoms. The lowest BCUT2D eigenvalue weighted by atomic mass is 9.65. The quantitative estimate of drug-likeness (QED) is 0.554. The summed E-state index contributed by atoms with van der Waals surface area (Å²) in [6.45, 7) is 3.84. The van der Waals surface area contributed by atoms with Crippen LogP contribution in [0.4, 0.5) is 0 Å². The molecule has 2 fully saturated rings. The van der Waals surface area contributed by atoms with Gasteiger partial charge >= 0.3 is 0 Å². The highest BCUT2D eigenvalue weighted by Gasteiger charge is 2.62. The van der Waals surface area contributed by atoms with Gasteiger partial charge in [-0.15, -0.1) is 0 Å². The number of carbonyl (C=O) groups is 2. The standard InChI is InChI=1S/C10H14O2/c1-9(2)8(12)7-3-4-10(9,5-7)6-11/h6-7H,3-5H2,1-2H3/t7-,10+/m1/s1. The molecule has 2 aliphatic carbocycles. The summed E-state index contributed by atoms with van der Waals surface area (Å²) in [5.74, 6) is 0.492. The number of hydrogen-bond donors (Lipinski definition) is 0. The molecule has 0 unspecified atom stereocenters. The number of fused-ring (bicyclic) bond motifs is 2. The van der Waals surface area contributed by atoms with E-state index in [2.05, 4.69) is 0 Å². The van der Waals surface area contributed by atoms with E-state index < -0.39 is 5.41 Å². The molecule has 0 aromatic heterocycles. The van der Waals surface area contributed by atoms with Gasteiger partial charge in [-0.25, -0.2) is 0 Å². The Morgan fingerprint density at radius 2 is 2.17 bits per heavy atom. The van der Waals surface area contributed by atoms with Crippen molar-refractivity contribution in [1.82, 2.24) is 0 Å². The fraction of sp³-hybridized carbons (Fsp3) is 0.800. The molecule has 2 aliphatic rings. The van der Waals surface area contributed by atoms with E-state index in [9.17, 15) is 9.59 Å². The van der Waals surface area contributed by atoms with Gasteiger partial charge < -0.3 is 4.79 Å². The summed E-state index contributed by atoms with van der Waals surface area (Å²) in [7, 11) is 0. The summed E-state index contributed by atoms with van der Waals surface area (Å²) in [6.07, 6.45) is 3.68. The Hall–Kier alpha value is -0.660. The molecule has 0 N–H and O–H groups in total. The van der Waals surface area contributed by atoms with Crippen molar-refractivity contribution in [2.75, 3.05) is 0 Å². The maximum absolute atomic E-state index is 11.7. The van der Waals surface area contributed by atoms with Gasteiger partial charge in [-0.1, -0.05) is 13.8 Å². The van der Waals surface area contributed by atoms with Crippen molar-refractivity contribution in [1.29, 1.82) is 0 Å². The maximum atomic E-state index is 11.7. The van der Waals surface area contributed by atoms with E-state index >= 15 is 0 Å². The Morgan fingerprint density at radius 3 is 2.50 bits per heavy atom. The highest BCUT2D eigenvalue weighted by molar-refractivity contribution is 5.95. The summed E-state index contributed by atoms with van der Waals surface area (Å²) in [4.78, 5) is 22.7. The van der Waals surface area contributed by atoms with Gasteiger partial charge in [0.2, 0.25) is 0 Å². The van der Waals surface area contributed by atoms with E-state index in [0.717, 1.165) is 25.5 Å². The van der Waals surface area contributed by atoms with Gasteiger partial charge in [-0.2, -0.15) is 0 Å². The molecule has 0 heterocycles. The van der Waals surface area contributed by atoms with Crippen LogP contribution in [0, 0.1) is 16.7 Å². The first-order valence-corrected chi connectivity index (χ1v) is 4.54. The lowest BCUT2D eigenvalue weighted by Crippen LogP contribution is -2.40. The Bertz CT molecular complexity index is 255. The van der Waals surface area contributed by atoms with Crippen molar-refractivity contribution in [3.8, 4) is 0 Å². The Labute approximate surface area is 72.3 Å². The van der Waals surface area contributed by atoms with Crippen LogP contribution in [0.2, 0.25) is 0 Å². The van der Waals surface area contributed by atoms with Crippen LogP contribution in [-0.2, 0) is 9.59 Å². The van der Waals surface area contributed by atoms with Crippen LogP contribution in [0.5, 0.6) is 0 Å². The summed E-state index contributed by atoms with van der Waals surface area (Å²) in [5.41, 5.74) is -0.702. The van der Waals surface area contributed by atoms with Crippen molar-refractivity contribution >= 4 is 12.1 Å². The molecular weight excluding hydrogens is 152 g/mol. The first-order valence-electron chi connectivity index (χ1n) is 4.54. The molecule has 2 bridgehead atoms. The van der Waals surface area contributed by atoms with E-state index in [1.165, 1.54) is 0 Å². The molecule has 0 aliphatic heterocycles.